The molecule has 4 rings (SSSR count). The van der Waals surface area contributed by atoms with Crippen molar-refractivity contribution in [1.29, 1.82) is 0 Å². The van der Waals surface area contributed by atoms with Crippen LogP contribution in [0, 0.1) is 5.41 Å². The molecule has 7 heteroatoms. The number of nitrogens with zero attached hydrogens (tertiary/aromatic N) is 5. The molecule has 138 valence electrons. The van der Waals surface area contributed by atoms with Gasteiger partial charge in [0.15, 0.2) is 0 Å². The van der Waals surface area contributed by atoms with E-state index in [1.54, 1.807) is 12.4 Å². The minimum atomic E-state index is 0.302. The number of likely N-dealkylation sites (tertiary alicyclic amines) is 2. The van der Waals surface area contributed by atoms with Crippen molar-refractivity contribution in [1.82, 2.24) is 25.0 Å². The van der Waals surface area contributed by atoms with Crippen molar-refractivity contribution in [3.8, 4) is 11.5 Å². The Morgan fingerprint density at radius 1 is 1.23 bits per heavy atom. The first-order chi connectivity index (χ1) is 12.7. The monoisotopic (exact) mass is 355 g/mol. The highest BCUT2D eigenvalue weighted by molar-refractivity contribution is 5.77. The fourth-order valence-corrected chi connectivity index (χ4v) is 4.10. The van der Waals surface area contributed by atoms with Crippen LogP contribution < -0.4 is 0 Å². The zero-order chi connectivity index (χ0) is 18.0. The first-order valence-electron chi connectivity index (χ1n) is 9.40. The lowest BCUT2D eigenvalue weighted by atomic mass is 9.72. The molecule has 2 saturated heterocycles. The second-order valence-corrected chi connectivity index (χ2v) is 7.43. The standard InChI is InChI=1S/C19H25N5O2/c1-2-24-14-19(6-5-17(24)25)7-10-23(11-8-19)13-16-21-22-18(26-16)15-4-3-9-20-12-15/h3-4,9,12H,2,5-8,10-11,13-14H2,1H3. The lowest BCUT2D eigenvalue weighted by molar-refractivity contribution is -0.138. The van der Waals surface area contributed by atoms with E-state index in [1.807, 2.05) is 17.0 Å². The molecule has 0 saturated carbocycles. The molecule has 2 aromatic rings. The molecule has 1 amide bonds. The minimum Gasteiger partial charge on any atom is -0.419 e. The number of rotatable bonds is 4. The van der Waals surface area contributed by atoms with Gasteiger partial charge in [-0.1, -0.05) is 0 Å². The minimum absolute atomic E-state index is 0.302. The van der Waals surface area contributed by atoms with Crippen LogP contribution in [0.25, 0.3) is 11.5 Å². The molecule has 7 nitrogen and oxygen atoms in total. The third kappa shape index (κ3) is 3.49. The SMILES string of the molecule is CCN1CC2(CCC1=O)CCN(Cc1nnc(-c3cccnc3)o1)CC2. The summed E-state index contributed by atoms with van der Waals surface area (Å²) in [5.74, 6) is 1.48. The van der Waals surface area contributed by atoms with Crippen LogP contribution in [-0.2, 0) is 11.3 Å². The molecule has 0 aromatic carbocycles. The fraction of sp³-hybridized carbons (Fsp3) is 0.579. The molecule has 0 radical (unpaired) electrons. The average Bonchev–Trinajstić information content (AvgIpc) is 3.15. The van der Waals surface area contributed by atoms with Gasteiger partial charge in [0.1, 0.15) is 0 Å². The van der Waals surface area contributed by atoms with Gasteiger partial charge in [0, 0.05) is 31.9 Å². The van der Waals surface area contributed by atoms with Gasteiger partial charge < -0.3 is 9.32 Å². The lowest BCUT2D eigenvalue weighted by Crippen LogP contribution is -2.51. The average molecular weight is 355 g/mol. The van der Waals surface area contributed by atoms with E-state index in [0.29, 0.717) is 36.1 Å². The molecule has 0 N–H and O–H groups in total. The Balaban J connectivity index is 1.35. The van der Waals surface area contributed by atoms with Gasteiger partial charge in [-0.3, -0.25) is 14.7 Å². The largest absolute Gasteiger partial charge is 0.419 e. The van der Waals surface area contributed by atoms with Gasteiger partial charge in [0.05, 0.1) is 12.1 Å². The zero-order valence-electron chi connectivity index (χ0n) is 15.2. The molecule has 2 fully saturated rings. The summed E-state index contributed by atoms with van der Waals surface area (Å²) in [6, 6.07) is 3.77. The molecule has 2 aliphatic rings. The fourth-order valence-electron chi connectivity index (χ4n) is 4.10. The number of amides is 1. The van der Waals surface area contributed by atoms with Crippen molar-refractivity contribution in [2.24, 2.45) is 5.41 Å². The van der Waals surface area contributed by atoms with Gasteiger partial charge in [-0.15, -0.1) is 10.2 Å². The number of carbonyl (C=O) groups is 1. The molecule has 2 aromatic heterocycles. The Labute approximate surface area is 153 Å². The van der Waals surface area contributed by atoms with Gasteiger partial charge in [0.25, 0.3) is 0 Å². The van der Waals surface area contributed by atoms with E-state index >= 15 is 0 Å². The zero-order valence-corrected chi connectivity index (χ0v) is 15.2. The van der Waals surface area contributed by atoms with Crippen LogP contribution in [-0.4, -0.2) is 57.1 Å². The maximum atomic E-state index is 12.0. The van der Waals surface area contributed by atoms with E-state index in [0.717, 1.165) is 51.0 Å². The molecule has 4 heterocycles. The molecular formula is C19H25N5O2. The van der Waals surface area contributed by atoms with E-state index in [4.69, 9.17) is 4.42 Å². The first-order valence-corrected chi connectivity index (χ1v) is 9.40. The Bertz CT molecular complexity index is 752. The molecular weight excluding hydrogens is 330 g/mol. The summed E-state index contributed by atoms with van der Waals surface area (Å²) in [4.78, 5) is 20.4. The number of pyridine rings is 1. The van der Waals surface area contributed by atoms with Crippen LogP contribution in [0.3, 0.4) is 0 Å². The number of hydrogen-bond donors (Lipinski definition) is 0. The molecule has 2 aliphatic heterocycles. The highest BCUT2D eigenvalue weighted by atomic mass is 16.4. The van der Waals surface area contributed by atoms with Crippen LogP contribution in [0.1, 0.15) is 38.5 Å². The summed E-state index contributed by atoms with van der Waals surface area (Å²) < 4.78 is 5.80. The van der Waals surface area contributed by atoms with E-state index in [1.165, 1.54) is 0 Å². The first kappa shape index (κ1) is 17.1. The van der Waals surface area contributed by atoms with Crippen LogP contribution in [0.4, 0.5) is 0 Å². The number of hydrogen-bond acceptors (Lipinski definition) is 6. The normalized spacial score (nSPS) is 20.7. The molecule has 0 aliphatic carbocycles. The van der Waals surface area contributed by atoms with E-state index in [9.17, 15) is 4.79 Å². The van der Waals surface area contributed by atoms with Crippen molar-refractivity contribution < 1.29 is 9.21 Å². The molecule has 1 spiro atoms. The summed E-state index contributed by atoms with van der Waals surface area (Å²) in [5, 5.41) is 8.32. The summed E-state index contributed by atoms with van der Waals surface area (Å²) in [6.07, 6.45) is 7.43. The van der Waals surface area contributed by atoms with Gasteiger partial charge >= 0.3 is 0 Å². The van der Waals surface area contributed by atoms with Crippen molar-refractivity contribution in [3.05, 3.63) is 30.4 Å². The number of aromatic nitrogens is 3. The van der Waals surface area contributed by atoms with E-state index in [-0.39, 0.29) is 0 Å². The van der Waals surface area contributed by atoms with Crippen LogP contribution in [0.2, 0.25) is 0 Å². The van der Waals surface area contributed by atoms with Crippen molar-refractivity contribution in [2.75, 3.05) is 26.2 Å². The summed E-state index contributed by atoms with van der Waals surface area (Å²) in [7, 11) is 0. The summed E-state index contributed by atoms with van der Waals surface area (Å²) in [5.41, 5.74) is 1.14. The number of carbonyl (C=O) groups excluding carboxylic acids is 1. The predicted molar refractivity (Wildman–Crippen MR) is 96.0 cm³/mol. The highest BCUT2D eigenvalue weighted by Crippen LogP contribution is 2.40. The second-order valence-electron chi connectivity index (χ2n) is 7.43. The predicted octanol–water partition coefficient (Wildman–Crippen LogP) is 2.36. The van der Waals surface area contributed by atoms with Gasteiger partial charge in [-0.05, 0) is 56.8 Å². The maximum Gasteiger partial charge on any atom is 0.249 e. The topological polar surface area (TPSA) is 75.4 Å². The summed E-state index contributed by atoms with van der Waals surface area (Å²) in [6.45, 7) is 6.51. The Morgan fingerprint density at radius 3 is 2.81 bits per heavy atom. The van der Waals surface area contributed by atoms with Crippen molar-refractivity contribution >= 4 is 5.91 Å². The number of piperidine rings is 2. The Hall–Kier alpha value is -2.28. The third-order valence-corrected chi connectivity index (χ3v) is 5.78. The second kappa shape index (κ2) is 7.15. The van der Waals surface area contributed by atoms with Crippen LogP contribution in [0.5, 0.6) is 0 Å². The van der Waals surface area contributed by atoms with E-state index in [2.05, 4.69) is 27.0 Å². The Kier molecular flexibility index (Phi) is 4.72. The molecule has 26 heavy (non-hydrogen) atoms. The van der Waals surface area contributed by atoms with Crippen LogP contribution in [0.15, 0.2) is 28.9 Å². The Morgan fingerprint density at radius 2 is 2.08 bits per heavy atom. The van der Waals surface area contributed by atoms with Crippen molar-refractivity contribution in [2.45, 2.75) is 39.2 Å². The quantitative estimate of drug-likeness (QED) is 0.838. The van der Waals surface area contributed by atoms with Crippen LogP contribution >= 0.6 is 0 Å². The van der Waals surface area contributed by atoms with Gasteiger partial charge in [0.2, 0.25) is 17.7 Å². The smallest absolute Gasteiger partial charge is 0.249 e. The summed E-state index contributed by atoms with van der Waals surface area (Å²) >= 11 is 0. The molecule has 0 atom stereocenters. The molecule has 0 unspecified atom stereocenters. The third-order valence-electron chi connectivity index (χ3n) is 5.78. The lowest BCUT2D eigenvalue weighted by Gasteiger charge is -2.47. The maximum absolute atomic E-state index is 12.0. The van der Waals surface area contributed by atoms with Crippen molar-refractivity contribution in [3.63, 3.8) is 0 Å². The van der Waals surface area contributed by atoms with E-state index < -0.39 is 0 Å². The van der Waals surface area contributed by atoms with Gasteiger partial charge in [-0.25, -0.2) is 0 Å². The molecule has 0 bridgehead atoms. The highest BCUT2D eigenvalue weighted by Gasteiger charge is 2.40. The van der Waals surface area contributed by atoms with Gasteiger partial charge in [-0.2, -0.15) is 0 Å².